The number of hydrogen-bond acceptors (Lipinski definition) is 3. The molecule has 2 N–H and O–H groups in total. The smallest absolute Gasteiger partial charge is 0.0758 e. The van der Waals surface area contributed by atoms with Gasteiger partial charge in [-0.1, -0.05) is 44.2 Å². The highest BCUT2D eigenvalue weighted by atomic mass is 16.3. The topological polar surface area (TPSA) is 35.5 Å². The predicted octanol–water partition coefficient (Wildman–Crippen LogP) is 2.40. The molecule has 1 saturated heterocycles. The molecule has 1 aromatic carbocycles. The minimum absolute atomic E-state index is 0.0802. The van der Waals surface area contributed by atoms with Gasteiger partial charge in [0, 0.05) is 31.6 Å². The van der Waals surface area contributed by atoms with Crippen LogP contribution in [0.2, 0.25) is 0 Å². The molecule has 2 unspecified atom stereocenters. The lowest BCUT2D eigenvalue weighted by Crippen LogP contribution is -2.46. The Labute approximate surface area is 129 Å². The van der Waals surface area contributed by atoms with Crippen molar-refractivity contribution in [3.63, 3.8) is 0 Å². The quantitative estimate of drug-likeness (QED) is 0.757. The first-order valence-corrected chi connectivity index (χ1v) is 8.16. The minimum atomic E-state index is -0.519. The first-order chi connectivity index (χ1) is 9.95. The van der Waals surface area contributed by atoms with Gasteiger partial charge in [0.2, 0.25) is 0 Å². The molecule has 0 aromatic heterocycles. The maximum atomic E-state index is 10.2. The van der Waals surface area contributed by atoms with E-state index in [1.807, 2.05) is 6.92 Å². The second kappa shape index (κ2) is 6.91. The molecule has 2 atom stereocenters. The zero-order valence-corrected chi connectivity index (χ0v) is 13.7. The van der Waals surface area contributed by atoms with E-state index in [-0.39, 0.29) is 5.41 Å². The van der Waals surface area contributed by atoms with Crippen molar-refractivity contribution in [1.82, 2.24) is 10.2 Å². The molecule has 1 aliphatic rings. The van der Waals surface area contributed by atoms with Crippen LogP contribution in [0.3, 0.4) is 0 Å². The minimum Gasteiger partial charge on any atom is -0.389 e. The lowest BCUT2D eigenvalue weighted by Gasteiger charge is -2.35. The van der Waals surface area contributed by atoms with E-state index in [1.54, 1.807) is 0 Å². The maximum absolute atomic E-state index is 10.2. The number of aliphatic hydroxyl groups is 1. The molecule has 0 aliphatic carbocycles. The largest absolute Gasteiger partial charge is 0.389 e. The van der Waals surface area contributed by atoms with Crippen LogP contribution in [0.5, 0.6) is 0 Å². The van der Waals surface area contributed by atoms with Crippen LogP contribution in [0.1, 0.15) is 39.2 Å². The first kappa shape index (κ1) is 16.5. The summed E-state index contributed by atoms with van der Waals surface area (Å²) in [5.41, 5.74) is 0.936. The normalized spacial score (nSPS) is 25.9. The van der Waals surface area contributed by atoms with E-state index in [0.717, 1.165) is 45.6 Å². The number of rotatable bonds is 7. The van der Waals surface area contributed by atoms with E-state index in [4.69, 9.17) is 0 Å². The summed E-state index contributed by atoms with van der Waals surface area (Å²) in [7, 11) is 0. The molecule has 0 saturated carbocycles. The fourth-order valence-corrected chi connectivity index (χ4v) is 3.30. The Morgan fingerprint density at radius 2 is 2.05 bits per heavy atom. The second-order valence-corrected chi connectivity index (χ2v) is 7.06. The van der Waals surface area contributed by atoms with Crippen LogP contribution >= 0.6 is 0 Å². The van der Waals surface area contributed by atoms with Crippen molar-refractivity contribution < 1.29 is 5.11 Å². The van der Waals surface area contributed by atoms with Crippen LogP contribution in [-0.2, 0) is 5.41 Å². The van der Waals surface area contributed by atoms with Crippen molar-refractivity contribution in [2.45, 2.75) is 44.6 Å². The van der Waals surface area contributed by atoms with Crippen molar-refractivity contribution >= 4 is 0 Å². The molecule has 0 bridgehead atoms. The van der Waals surface area contributed by atoms with Crippen LogP contribution in [0, 0.1) is 0 Å². The molecular weight excluding hydrogens is 260 g/mol. The van der Waals surface area contributed by atoms with Crippen molar-refractivity contribution in [2.75, 3.05) is 32.7 Å². The molecule has 1 fully saturated rings. The number of β-amino-alcohol motifs (C(OH)–C–C–N with tert-alkyl or cyclic N) is 1. The summed E-state index contributed by atoms with van der Waals surface area (Å²) in [4.78, 5) is 2.40. The standard InChI is InChI=1S/C18H30N2O/c1-4-11-19-13-17(2,16-8-6-5-7-9-16)14-20-12-10-18(3,21)15-20/h5-9,19,21H,4,10-15H2,1-3H3. The number of hydrogen-bond donors (Lipinski definition) is 2. The van der Waals surface area contributed by atoms with Crippen molar-refractivity contribution in [2.24, 2.45) is 0 Å². The van der Waals surface area contributed by atoms with E-state index in [2.05, 4.69) is 54.4 Å². The van der Waals surface area contributed by atoms with Gasteiger partial charge in [-0.3, -0.25) is 4.90 Å². The summed E-state index contributed by atoms with van der Waals surface area (Å²) in [5.74, 6) is 0. The molecule has 0 amide bonds. The molecule has 2 rings (SSSR count). The Morgan fingerprint density at radius 3 is 2.62 bits per heavy atom. The van der Waals surface area contributed by atoms with E-state index in [0.29, 0.717) is 0 Å². The molecule has 0 spiro atoms. The lowest BCUT2D eigenvalue weighted by atomic mass is 9.81. The summed E-state index contributed by atoms with van der Waals surface area (Å²) >= 11 is 0. The molecule has 3 heteroatoms. The maximum Gasteiger partial charge on any atom is 0.0758 e. The van der Waals surface area contributed by atoms with Gasteiger partial charge in [0.15, 0.2) is 0 Å². The Kier molecular flexibility index (Phi) is 5.42. The SMILES string of the molecule is CCCNCC(C)(CN1CCC(C)(O)C1)c1ccccc1. The van der Waals surface area contributed by atoms with Gasteiger partial charge in [0.1, 0.15) is 0 Å². The highest BCUT2D eigenvalue weighted by Gasteiger charge is 2.36. The van der Waals surface area contributed by atoms with Gasteiger partial charge < -0.3 is 10.4 Å². The Morgan fingerprint density at radius 1 is 1.33 bits per heavy atom. The molecule has 0 radical (unpaired) electrons. The molecule has 1 aromatic rings. The average molecular weight is 290 g/mol. The zero-order chi connectivity index (χ0) is 15.3. The van der Waals surface area contributed by atoms with Gasteiger partial charge >= 0.3 is 0 Å². The van der Waals surface area contributed by atoms with Crippen LogP contribution < -0.4 is 5.32 Å². The van der Waals surface area contributed by atoms with Crippen LogP contribution in [-0.4, -0.2) is 48.3 Å². The summed E-state index contributed by atoms with van der Waals surface area (Å²) in [6, 6.07) is 10.8. The number of likely N-dealkylation sites (tertiary alicyclic amines) is 1. The highest BCUT2D eigenvalue weighted by Crippen LogP contribution is 2.28. The van der Waals surface area contributed by atoms with Crippen LogP contribution in [0.4, 0.5) is 0 Å². The molecule has 1 heterocycles. The van der Waals surface area contributed by atoms with Crippen LogP contribution in [0.25, 0.3) is 0 Å². The fraction of sp³-hybridized carbons (Fsp3) is 0.667. The molecule has 3 nitrogen and oxygen atoms in total. The third kappa shape index (κ3) is 4.53. The van der Waals surface area contributed by atoms with Gasteiger partial charge in [-0.25, -0.2) is 0 Å². The van der Waals surface area contributed by atoms with Gasteiger partial charge in [-0.2, -0.15) is 0 Å². The first-order valence-electron chi connectivity index (χ1n) is 8.16. The summed E-state index contributed by atoms with van der Waals surface area (Å²) in [6.45, 7) is 11.3. The Bertz CT molecular complexity index is 432. The molecule has 118 valence electrons. The molecule has 1 aliphatic heterocycles. The molecular formula is C18H30N2O. The average Bonchev–Trinajstić information content (AvgIpc) is 2.79. The highest BCUT2D eigenvalue weighted by molar-refractivity contribution is 5.26. The van der Waals surface area contributed by atoms with Crippen LogP contribution in [0.15, 0.2) is 30.3 Å². The number of nitrogens with zero attached hydrogens (tertiary/aromatic N) is 1. The zero-order valence-electron chi connectivity index (χ0n) is 13.7. The summed E-state index contributed by atoms with van der Waals surface area (Å²) in [5, 5.41) is 13.8. The van der Waals surface area contributed by atoms with Crippen molar-refractivity contribution in [3.8, 4) is 0 Å². The predicted molar refractivity (Wildman–Crippen MR) is 88.6 cm³/mol. The lowest BCUT2D eigenvalue weighted by molar-refractivity contribution is 0.0658. The van der Waals surface area contributed by atoms with E-state index < -0.39 is 5.60 Å². The van der Waals surface area contributed by atoms with Gasteiger partial charge in [0.05, 0.1) is 5.60 Å². The number of benzene rings is 1. The third-order valence-corrected chi connectivity index (χ3v) is 4.52. The monoisotopic (exact) mass is 290 g/mol. The summed E-state index contributed by atoms with van der Waals surface area (Å²) < 4.78 is 0. The van der Waals surface area contributed by atoms with E-state index in [1.165, 1.54) is 5.56 Å². The second-order valence-electron chi connectivity index (χ2n) is 7.06. The van der Waals surface area contributed by atoms with Gasteiger partial charge in [-0.05, 0) is 31.9 Å². The van der Waals surface area contributed by atoms with E-state index >= 15 is 0 Å². The Hall–Kier alpha value is -0.900. The number of nitrogens with one attached hydrogen (secondary N) is 1. The van der Waals surface area contributed by atoms with E-state index in [9.17, 15) is 5.11 Å². The molecule has 21 heavy (non-hydrogen) atoms. The van der Waals surface area contributed by atoms with Crippen molar-refractivity contribution in [1.29, 1.82) is 0 Å². The van der Waals surface area contributed by atoms with Gasteiger partial charge in [0.25, 0.3) is 0 Å². The van der Waals surface area contributed by atoms with Gasteiger partial charge in [-0.15, -0.1) is 0 Å². The fourth-order valence-electron chi connectivity index (χ4n) is 3.30. The van der Waals surface area contributed by atoms with Crippen molar-refractivity contribution in [3.05, 3.63) is 35.9 Å². The third-order valence-electron chi connectivity index (χ3n) is 4.52. The summed E-state index contributed by atoms with van der Waals surface area (Å²) in [6.07, 6.45) is 2.03. The Balaban J connectivity index is 2.08.